The van der Waals surface area contributed by atoms with Gasteiger partial charge in [-0.15, -0.1) is 0 Å². The lowest BCUT2D eigenvalue weighted by Gasteiger charge is -2.27. The number of nitrogens with two attached hydrogens (primary N) is 1. The highest BCUT2D eigenvalue weighted by atomic mass is 16.1. The number of unbranched alkanes of at least 4 members (excludes halogenated alkanes) is 7. The number of hydrogen-bond acceptors (Lipinski definition) is 3. The Bertz CT molecular complexity index is 539. The molecule has 1 aliphatic rings. The lowest BCUT2D eigenvalue weighted by molar-refractivity contribution is -0.114. The maximum atomic E-state index is 11.5. The molecular formula is C19H29N3O. The first-order valence-corrected chi connectivity index (χ1v) is 8.93. The van der Waals surface area contributed by atoms with E-state index in [-0.39, 0.29) is 5.91 Å². The molecule has 0 aliphatic carbocycles. The Kier molecular flexibility index (Phi) is 7.11. The van der Waals surface area contributed by atoms with Crippen molar-refractivity contribution in [2.75, 3.05) is 11.4 Å². The fourth-order valence-electron chi connectivity index (χ4n) is 3.06. The van der Waals surface area contributed by atoms with Crippen LogP contribution in [0, 0.1) is 0 Å². The molecule has 1 amide bonds. The smallest absolute Gasteiger partial charge is 0.246 e. The number of fused-ring (bicyclic) bond motifs is 1. The van der Waals surface area contributed by atoms with E-state index in [1.165, 1.54) is 44.9 Å². The molecule has 0 fully saturated rings. The molecule has 4 heteroatoms. The number of pyridine rings is 1. The standard InChI is InChI=1S/C19H29N3O/c1-2-3-4-5-6-7-8-9-13-22-15-17(18(20)23)14-16-11-10-12-21-19(16)22/h10-12,15H,2-9,13-14H2,1H3,(H2,20,23). The van der Waals surface area contributed by atoms with Crippen molar-refractivity contribution in [1.82, 2.24) is 4.98 Å². The fourth-order valence-corrected chi connectivity index (χ4v) is 3.06. The Morgan fingerprint density at radius 2 is 1.87 bits per heavy atom. The number of carbonyl (C=O) groups excluding carboxylic acids is 1. The molecule has 2 heterocycles. The van der Waals surface area contributed by atoms with Crippen LogP contribution in [-0.2, 0) is 11.2 Å². The Labute approximate surface area is 139 Å². The number of carbonyl (C=O) groups is 1. The van der Waals surface area contributed by atoms with Gasteiger partial charge in [-0.3, -0.25) is 4.79 Å². The molecule has 0 saturated carbocycles. The number of amides is 1. The van der Waals surface area contributed by atoms with Crippen molar-refractivity contribution < 1.29 is 4.79 Å². The first-order chi connectivity index (χ1) is 11.2. The average molecular weight is 315 g/mol. The van der Waals surface area contributed by atoms with Gasteiger partial charge in [0.15, 0.2) is 0 Å². The number of hydrogen-bond donors (Lipinski definition) is 1. The van der Waals surface area contributed by atoms with Crippen LogP contribution in [0.3, 0.4) is 0 Å². The molecule has 0 unspecified atom stereocenters. The van der Waals surface area contributed by atoms with E-state index in [9.17, 15) is 4.79 Å². The summed E-state index contributed by atoms with van der Waals surface area (Å²) in [6.45, 7) is 3.15. The Hall–Kier alpha value is -1.84. The second-order valence-electron chi connectivity index (χ2n) is 6.35. The van der Waals surface area contributed by atoms with Crippen LogP contribution >= 0.6 is 0 Å². The number of nitrogens with zero attached hydrogens (tertiary/aromatic N) is 2. The molecule has 0 saturated heterocycles. The van der Waals surface area contributed by atoms with Gasteiger partial charge in [-0.2, -0.15) is 0 Å². The second kappa shape index (κ2) is 9.33. The van der Waals surface area contributed by atoms with Gasteiger partial charge in [0.2, 0.25) is 5.91 Å². The monoisotopic (exact) mass is 315 g/mol. The minimum absolute atomic E-state index is 0.333. The zero-order chi connectivity index (χ0) is 16.5. The molecule has 1 aromatic rings. The van der Waals surface area contributed by atoms with E-state index in [2.05, 4.69) is 16.8 Å². The molecule has 0 radical (unpaired) electrons. The first kappa shape index (κ1) is 17.5. The first-order valence-electron chi connectivity index (χ1n) is 8.93. The predicted molar refractivity (Wildman–Crippen MR) is 95.2 cm³/mol. The van der Waals surface area contributed by atoms with E-state index in [4.69, 9.17) is 5.73 Å². The van der Waals surface area contributed by atoms with Gasteiger partial charge >= 0.3 is 0 Å². The molecule has 2 rings (SSSR count). The highest BCUT2D eigenvalue weighted by molar-refractivity contribution is 5.93. The van der Waals surface area contributed by atoms with Crippen molar-refractivity contribution in [2.24, 2.45) is 5.73 Å². The molecule has 1 aliphatic heterocycles. The van der Waals surface area contributed by atoms with E-state index in [0.717, 1.165) is 24.3 Å². The largest absolute Gasteiger partial charge is 0.366 e. The van der Waals surface area contributed by atoms with E-state index in [1.807, 2.05) is 24.5 Å². The lowest BCUT2D eigenvalue weighted by atomic mass is 10.0. The van der Waals surface area contributed by atoms with Crippen LogP contribution in [0.2, 0.25) is 0 Å². The van der Waals surface area contributed by atoms with Gasteiger partial charge in [0.25, 0.3) is 0 Å². The van der Waals surface area contributed by atoms with Gasteiger partial charge in [0.1, 0.15) is 5.82 Å². The summed E-state index contributed by atoms with van der Waals surface area (Å²) in [5.41, 5.74) is 7.22. The maximum Gasteiger partial charge on any atom is 0.246 e. The van der Waals surface area contributed by atoms with Crippen LogP contribution in [0.25, 0.3) is 0 Å². The SMILES string of the molecule is CCCCCCCCCCN1C=C(C(N)=O)Cc2cccnc21. The van der Waals surface area contributed by atoms with Crippen molar-refractivity contribution in [1.29, 1.82) is 0 Å². The molecular weight excluding hydrogens is 286 g/mol. The van der Waals surface area contributed by atoms with Crippen molar-refractivity contribution in [3.8, 4) is 0 Å². The lowest BCUT2D eigenvalue weighted by Crippen LogP contribution is -2.28. The second-order valence-corrected chi connectivity index (χ2v) is 6.35. The Morgan fingerprint density at radius 3 is 2.57 bits per heavy atom. The molecule has 0 spiro atoms. The summed E-state index contributed by atoms with van der Waals surface area (Å²) in [5, 5.41) is 0. The normalized spacial score (nSPS) is 13.6. The molecule has 0 bridgehead atoms. The molecule has 126 valence electrons. The summed E-state index contributed by atoms with van der Waals surface area (Å²) >= 11 is 0. The van der Waals surface area contributed by atoms with Gasteiger partial charge in [-0.05, 0) is 18.1 Å². The summed E-state index contributed by atoms with van der Waals surface area (Å²) in [5.74, 6) is 0.640. The summed E-state index contributed by atoms with van der Waals surface area (Å²) in [7, 11) is 0. The van der Waals surface area contributed by atoms with Crippen LogP contribution in [0.5, 0.6) is 0 Å². The van der Waals surface area contributed by atoms with E-state index in [0.29, 0.717) is 12.0 Å². The van der Waals surface area contributed by atoms with E-state index >= 15 is 0 Å². The molecule has 0 aromatic carbocycles. The minimum Gasteiger partial charge on any atom is -0.366 e. The van der Waals surface area contributed by atoms with Gasteiger partial charge in [0, 0.05) is 30.9 Å². The van der Waals surface area contributed by atoms with Crippen LogP contribution in [0.4, 0.5) is 5.82 Å². The topological polar surface area (TPSA) is 59.2 Å². The van der Waals surface area contributed by atoms with E-state index in [1.54, 1.807) is 0 Å². The van der Waals surface area contributed by atoms with Crippen molar-refractivity contribution >= 4 is 11.7 Å². The number of anilines is 1. The highest BCUT2D eigenvalue weighted by Crippen LogP contribution is 2.26. The molecule has 23 heavy (non-hydrogen) atoms. The summed E-state index contributed by atoms with van der Waals surface area (Å²) in [4.78, 5) is 18.1. The third-order valence-corrected chi connectivity index (χ3v) is 4.40. The van der Waals surface area contributed by atoms with Crippen LogP contribution in [0.15, 0.2) is 30.1 Å². The van der Waals surface area contributed by atoms with Gasteiger partial charge in [-0.1, -0.05) is 57.9 Å². The number of rotatable bonds is 10. The zero-order valence-electron chi connectivity index (χ0n) is 14.3. The van der Waals surface area contributed by atoms with Crippen LogP contribution in [0.1, 0.15) is 63.9 Å². The molecule has 1 aromatic heterocycles. The van der Waals surface area contributed by atoms with Crippen molar-refractivity contribution in [3.05, 3.63) is 35.7 Å². The highest BCUT2D eigenvalue weighted by Gasteiger charge is 2.20. The molecule has 4 nitrogen and oxygen atoms in total. The van der Waals surface area contributed by atoms with Gasteiger partial charge in [0.05, 0.1) is 0 Å². The van der Waals surface area contributed by atoms with Gasteiger partial charge in [-0.25, -0.2) is 4.98 Å². The summed E-state index contributed by atoms with van der Waals surface area (Å²) in [6.07, 6.45) is 14.6. The quantitative estimate of drug-likeness (QED) is 0.665. The van der Waals surface area contributed by atoms with Crippen LogP contribution < -0.4 is 10.6 Å². The maximum absolute atomic E-state index is 11.5. The predicted octanol–water partition coefficient (Wildman–Crippen LogP) is 3.95. The number of aromatic nitrogens is 1. The summed E-state index contributed by atoms with van der Waals surface area (Å²) in [6, 6.07) is 3.94. The average Bonchev–Trinajstić information content (AvgIpc) is 2.56. The fraction of sp³-hybridized carbons (Fsp3) is 0.579. The Morgan fingerprint density at radius 1 is 1.17 bits per heavy atom. The third-order valence-electron chi connectivity index (χ3n) is 4.40. The molecule has 0 atom stereocenters. The third kappa shape index (κ3) is 5.38. The van der Waals surface area contributed by atoms with Crippen molar-refractivity contribution in [2.45, 2.75) is 64.7 Å². The minimum atomic E-state index is -0.333. The number of primary amides is 1. The summed E-state index contributed by atoms with van der Waals surface area (Å²) < 4.78 is 0. The van der Waals surface area contributed by atoms with Gasteiger partial charge < -0.3 is 10.6 Å². The Balaban J connectivity index is 1.80. The zero-order valence-corrected chi connectivity index (χ0v) is 14.3. The van der Waals surface area contributed by atoms with Crippen LogP contribution in [-0.4, -0.2) is 17.4 Å². The molecule has 2 N–H and O–H groups in total. The van der Waals surface area contributed by atoms with E-state index < -0.39 is 0 Å². The van der Waals surface area contributed by atoms with Crippen molar-refractivity contribution in [3.63, 3.8) is 0 Å².